The van der Waals surface area contributed by atoms with Crippen LogP contribution < -0.4 is 0 Å². The zero-order valence-corrected chi connectivity index (χ0v) is 6.84. The van der Waals surface area contributed by atoms with E-state index in [1.807, 2.05) is 0 Å². The van der Waals surface area contributed by atoms with Gasteiger partial charge in [0.2, 0.25) is 0 Å². The van der Waals surface area contributed by atoms with Gasteiger partial charge in [0, 0.05) is 11.8 Å². The highest BCUT2D eigenvalue weighted by atomic mass is 16.4. The number of aromatic hydroxyl groups is 1. The Hall–Kier alpha value is -1.84. The fraction of sp³-hybridized carbons (Fsp3) is 0.111. The summed E-state index contributed by atoms with van der Waals surface area (Å²) >= 11 is 0. The third-order valence-corrected chi connectivity index (χ3v) is 1.39. The molecule has 1 aromatic carbocycles. The Balaban J connectivity index is 2.68. The molecule has 0 radical (unpaired) electrons. The summed E-state index contributed by atoms with van der Waals surface area (Å²) in [5.74, 6) is -0.900. The predicted octanol–water partition coefficient (Wildman–Crippen LogP) is 0.896. The molecule has 1 rings (SSSR count). The molecule has 0 amide bonds. The zero-order chi connectivity index (χ0) is 9.68. The average molecular weight is 179 g/mol. The van der Waals surface area contributed by atoms with E-state index < -0.39 is 5.97 Å². The van der Waals surface area contributed by atoms with Crippen LogP contribution in [0.5, 0.6) is 5.75 Å². The van der Waals surface area contributed by atoms with Gasteiger partial charge in [-0.2, -0.15) is 0 Å². The fourth-order valence-corrected chi connectivity index (χ4v) is 0.819. The monoisotopic (exact) mass is 179 g/mol. The van der Waals surface area contributed by atoms with Gasteiger partial charge in [-0.05, 0) is 12.1 Å². The predicted molar refractivity (Wildman–Crippen MR) is 48.2 cm³/mol. The quantitative estimate of drug-likeness (QED) is 0.677. The van der Waals surface area contributed by atoms with Gasteiger partial charge >= 0.3 is 5.97 Å². The van der Waals surface area contributed by atoms with E-state index in [1.165, 1.54) is 12.3 Å². The standard InChI is InChI=1S/C9H9NO3/c11-8-4-2-1-3-7(8)5-10-6-9(12)13/h1-5,11H,6H2,(H,12,13)/b10-5-. The van der Waals surface area contributed by atoms with Crippen molar-refractivity contribution in [3.63, 3.8) is 0 Å². The number of phenolic OH excluding ortho intramolecular Hbond substituents is 1. The van der Waals surface area contributed by atoms with E-state index in [-0.39, 0.29) is 12.3 Å². The normalized spacial score (nSPS) is 10.5. The summed E-state index contributed by atoms with van der Waals surface area (Å²) in [5.41, 5.74) is 0.517. The molecule has 68 valence electrons. The van der Waals surface area contributed by atoms with Crippen molar-refractivity contribution in [1.82, 2.24) is 0 Å². The number of carboxylic acids is 1. The number of rotatable bonds is 3. The van der Waals surface area contributed by atoms with Crippen LogP contribution in [0.4, 0.5) is 0 Å². The lowest BCUT2D eigenvalue weighted by atomic mass is 10.2. The lowest BCUT2D eigenvalue weighted by Crippen LogP contribution is -1.99. The van der Waals surface area contributed by atoms with E-state index >= 15 is 0 Å². The van der Waals surface area contributed by atoms with Crippen LogP contribution in [0.15, 0.2) is 29.3 Å². The number of carbonyl (C=O) groups is 1. The summed E-state index contributed by atoms with van der Waals surface area (Å²) in [6, 6.07) is 6.59. The van der Waals surface area contributed by atoms with Gasteiger partial charge in [-0.3, -0.25) is 9.79 Å². The lowest BCUT2D eigenvalue weighted by molar-refractivity contribution is -0.135. The van der Waals surface area contributed by atoms with Crippen LogP contribution in [0.2, 0.25) is 0 Å². The molecule has 0 aromatic heterocycles. The van der Waals surface area contributed by atoms with E-state index in [0.29, 0.717) is 5.56 Å². The molecule has 4 nitrogen and oxygen atoms in total. The fourth-order valence-electron chi connectivity index (χ4n) is 0.819. The molecule has 0 saturated heterocycles. The van der Waals surface area contributed by atoms with Crippen LogP contribution >= 0.6 is 0 Å². The Morgan fingerprint density at radius 2 is 2.15 bits per heavy atom. The van der Waals surface area contributed by atoms with Crippen molar-refractivity contribution in [2.24, 2.45) is 4.99 Å². The summed E-state index contributed by atoms with van der Waals surface area (Å²) in [4.78, 5) is 13.7. The summed E-state index contributed by atoms with van der Waals surface area (Å²) in [5, 5.41) is 17.5. The number of aliphatic carboxylic acids is 1. The third-order valence-electron chi connectivity index (χ3n) is 1.39. The van der Waals surface area contributed by atoms with Crippen molar-refractivity contribution in [2.75, 3.05) is 6.54 Å². The summed E-state index contributed by atoms with van der Waals surface area (Å²) in [6.45, 7) is -0.283. The van der Waals surface area contributed by atoms with E-state index in [2.05, 4.69) is 4.99 Å². The Kier molecular flexibility index (Phi) is 3.03. The van der Waals surface area contributed by atoms with Crippen molar-refractivity contribution in [2.45, 2.75) is 0 Å². The maximum atomic E-state index is 10.1. The number of hydrogen-bond donors (Lipinski definition) is 2. The molecule has 0 unspecified atom stereocenters. The molecule has 0 saturated carbocycles. The second-order valence-electron chi connectivity index (χ2n) is 2.42. The van der Waals surface area contributed by atoms with E-state index in [9.17, 15) is 9.90 Å². The Morgan fingerprint density at radius 1 is 1.46 bits per heavy atom. The van der Waals surface area contributed by atoms with Gasteiger partial charge in [0.15, 0.2) is 0 Å². The molecule has 1 aromatic rings. The first-order chi connectivity index (χ1) is 6.20. The molecule has 4 heteroatoms. The smallest absolute Gasteiger partial charge is 0.325 e. The average Bonchev–Trinajstić information content (AvgIpc) is 2.08. The number of aliphatic imine (C=N–C) groups is 1. The molecule has 0 fully saturated rings. The Bertz CT molecular complexity index is 333. The molecular weight excluding hydrogens is 170 g/mol. The summed E-state index contributed by atoms with van der Waals surface area (Å²) in [6.07, 6.45) is 1.34. The van der Waals surface area contributed by atoms with Crippen LogP contribution in [0, 0.1) is 0 Å². The summed E-state index contributed by atoms with van der Waals surface area (Å²) < 4.78 is 0. The first kappa shape index (κ1) is 9.25. The maximum absolute atomic E-state index is 10.1. The molecule has 0 aliphatic rings. The van der Waals surface area contributed by atoms with Crippen LogP contribution in [-0.4, -0.2) is 28.9 Å². The number of benzene rings is 1. The highest BCUT2D eigenvalue weighted by Crippen LogP contribution is 2.12. The van der Waals surface area contributed by atoms with Gasteiger partial charge in [-0.25, -0.2) is 0 Å². The number of nitrogens with zero attached hydrogens (tertiary/aromatic N) is 1. The van der Waals surface area contributed by atoms with Gasteiger partial charge < -0.3 is 10.2 Å². The Labute approximate surface area is 75.2 Å². The van der Waals surface area contributed by atoms with Gasteiger partial charge in [0.25, 0.3) is 0 Å². The topological polar surface area (TPSA) is 69.9 Å². The Morgan fingerprint density at radius 3 is 2.77 bits per heavy atom. The van der Waals surface area contributed by atoms with Gasteiger partial charge in [-0.15, -0.1) is 0 Å². The molecule has 2 N–H and O–H groups in total. The lowest BCUT2D eigenvalue weighted by Gasteiger charge is -1.95. The number of carboxylic acid groups (broad SMARTS) is 1. The molecule has 13 heavy (non-hydrogen) atoms. The number of phenols is 1. The van der Waals surface area contributed by atoms with E-state index in [1.54, 1.807) is 18.2 Å². The second-order valence-corrected chi connectivity index (χ2v) is 2.42. The van der Waals surface area contributed by atoms with Gasteiger partial charge in [0.1, 0.15) is 12.3 Å². The van der Waals surface area contributed by atoms with Crippen molar-refractivity contribution in [1.29, 1.82) is 0 Å². The molecule has 0 heterocycles. The molecule has 0 bridgehead atoms. The molecule has 0 spiro atoms. The van der Waals surface area contributed by atoms with E-state index in [0.717, 1.165) is 0 Å². The number of hydrogen-bond acceptors (Lipinski definition) is 3. The van der Waals surface area contributed by atoms with Crippen LogP contribution in [0.1, 0.15) is 5.56 Å². The van der Waals surface area contributed by atoms with Crippen LogP contribution in [-0.2, 0) is 4.79 Å². The van der Waals surface area contributed by atoms with Crippen molar-refractivity contribution < 1.29 is 15.0 Å². The highest BCUT2D eigenvalue weighted by Gasteiger charge is 1.95. The van der Waals surface area contributed by atoms with Crippen LogP contribution in [0.25, 0.3) is 0 Å². The molecule has 0 atom stereocenters. The first-order valence-electron chi connectivity index (χ1n) is 3.70. The van der Waals surface area contributed by atoms with Gasteiger partial charge in [-0.1, -0.05) is 12.1 Å². The zero-order valence-electron chi connectivity index (χ0n) is 6.84. The van der Waals surface area contributed by atoms with Gasteiger partial charge in [0.05, 0.1) is 0 Å². The largest absolute Gasteiger partial charge is 0.507 e. The third kappa shape index (κ3) is 2.94. The maximum Gasteiger partial charge on any atom is 0.325 e. The SMILES string of the molecule is O=C(O)C/N=C\c1ccccc1O. The molecule has 0 aliphatic carbocycles. The minimum absolute atomic E-state index is 0.0941. The second kappa shape index (κ2) is 4.25. The highest BCUT2D eigenvalue weighted by molar-refractivity contribution is 5.84. The van der Waals surface area contributed by atoms with Crippen molar-refractivity contribution in [3.05, 3.63) is 29.8 Å². The summed E-state index contributed by atoms with van der Waals surface area (Å²) in [7, 11) is 0. The minimum Gasteiger partial charge on any atom is -0.507 e. The molecule has 0 aliphatic heterocycles. The van der Waals surface area contributed by atoms with Crippen LogP contribution in [0.3, 0.4) is 0 Å². The molecular formula is C9H9NO3. The first-order valence-corrected chi connectivity index (χ1v) is 3.70. The van der Waals surface area contributed by atoms with Crippen molar-refractivity contribution >= 4 is 12.2 Å². The van der Waals surface area contributed by atoms with Crippen molar-refractivity contribution in [3.8, 4) is 5.75 Å². The minimum atomic E-state index is -0.994. The van der Waals surface area contributed by atoms with E-state index in [4.69, 9.17) is 5.11 Å². The number of para-hydroxylation sites is 1.